The molecular weight excluding hydrogens is 308 g/mol. The van der Waals surface area contributed by atoms with E-state index >= 15 is 0 Å². The van der Waals surface area contributed by atoms with Crippen molar-refractivity contribution in [2.45, 2.75) is 38.8 Å². The van der Waals surface area contributed by atoms with E-state index in [2.05, 4.69) is 10.3 Å². The molecule has 6 nitrogen and oxygen atoms in total. The lowest BCUT2D eigenvalue weighted by atomic mass is 10.0. The number of ether oxygens (including phenoxy) is 2. The number of pyridine rings is 1. The first-order valence-electron chi connectivity index (χ1n) is 7.70. The summed E-state index contributed by atoms with van der Waals surface area (Å²) in [4.78, 5) is 28.3. The van der Waals surface area contributed by atoms with Gasteiger partial charge in [0.25, 0.3) is 0 Å². The molecule has 0 unspecified atom stereocenters. The molecule has 0 saturated heterocycles. The summed E-state index contributed by atoms with van der Waals surface area (Å²) >= 11 is 0. The summed E-state index contributed by atoms with van der Waals surface area (Å²) in [5.74, 6) is -0.526. The van der Waals surface area contributed by atoms with Gasteiger partial charge in [0.1, 0.15) is 11.6 Å². The standard InChI is InChI=1S/C18H22N2O4/c1-18(2,3)24-17(22)20-15(16(21)23-4)11-12-7-5-9-14-13(12)8-6-10-19-14/h5-10,15H,11H2,1-4H3,(H,20,22)/t15-/m0/s1. The van der Waals surface area contributed by atoms with E-state index in [0.717, 1.165) is 16.5 Å². The van der Waals surface area contributed by atoms with Crippen LogP contribution in [0.25, 0.3) is 10.9 Å². The first-order chi connectivity index (χ1) is 11.3. The van der Waals surface area contributed by atoms with Crippen LogP contribution in [0, 0.1) is 0 Å². The van der Waals surface area contributed by atoms with Gasteiger partial charge < -0.3 is 14.8 Å². The summed E-state index contributed by atoms with van der Waals surface area (Å²) in [6.45, 7) is 5.28. The maximum Gasteiger partial charge on any atom is 0.408 e. The number of hydrogen-bond acceptors (Lipinski definition) is 5. The molecule has 0 radical (unpaired) electrons. The van der Waals surface area contributed by atoms with Crippen LogP contribution in [0.4, 0.5) is 4.79 Å². The van der Waals surface area contributed by atoms with Crippen molar-refractivity contribution < 1.29 is 19.1 Å². The monoisotopic (exact) mass is 330 g/mol. The Balaban J connectivity index is 2.22. The number of aromatic nitrogens is 1. The normalized spacial score (nSPS) is 12.5. The van der Waals surface area contributed by atoms with Crippen LogP contribution in [0.5, 0.6) is 0 Å². The van der Waals surface area contributed by atoms with E-state index < -0.39 is 23.7 Å². The van der Waals surface area contributed by atoms with Crippen LogP contribution in [0.2, 0.25) is 0 Å². The number of fused-ring (bicyclic) bond motifs is 1. The summed E-state index contributed by atoms with van der Waals surface area (Å²) in [7, 11) is 1.29. The van der Waals surface area contributed by atoms with Gasteiger partial charge in [-0.1, -0.05) is 18.2 Å². The summed E-state index contributed by atoms with van der Waals surface area (Å²) in [6.07, 6.45) is 1.34. The molecule has 0 saturated carbocycles. The lowest BCUT2D eigenvalue weighted by molar-refractivity contribution is -0.143. The molecule has 0 spiro atoms. The molecule has 128 valence electrons. The molecule has 1 heterocycles. The van der Waals surface area contributed by atoms with E-state index in [9.17, 15) is 9.59 Å². The lowest BCUT2D eigenvalue weighted by Gasteiger charge is -2.23. The number of esters is 1. The number of hydrogen-bond donors (Lipinski definition) is 1. The quantitative estimate of drug-likeness (QED) is 0.872. The highest BCUT2D eigenvalue weighted by Crippen LogP contribution is 2.18. The van der Waals surface area contributed by atoms with Gasteiger partial charge in [-0.2, -0.15) is 0 Å². The molecule has 1 aromatic heterocycles. The fourth-order valence-electron chi connectivity index (χ4n) is 2.35. The highest BCUT2D eigenvalue weighted by atomic mass is 16.6. The van der Waals surface area contributed by atoms with Crippen molar-refractivity contribution in [1.29, 1.82) is 0 Å². The van der Waals surface area contributed by atoms with E-state index in [-0.39, 0.29) is 6.42 Å². The van der Waals surface area contributed by atoms with Gasteiger partial charge >= 0.3 is 12.1 Å². The zero-order chi connectivity index (χ0) is 17.7. The van der Waals surface area contributed by atoms with Gasteiger partial charge in [0, 0.05) is 18.0 Å². The zero-order valence-corrected chi connectivity index (χ0v) is 14.3. The summed E-state index contributed by atoms with van der Waals surface area (Å²) < 4.78 is 10.0. The fraction of sp³-hybridized carbons (Fsp3) is 0.389. The van der Waals surface area contributed by atoms with Gasteiger partial charge in [-0.25, -0.2) is 9.59 Å². The van der Waals surface area contributed by atoms with E-state index in [1.54, 1.807) is 27.0 Å². The van der Waals surface area contributed by atoms with Gasteiger partial charge in [0.2, 0.25) is 0 Å². The Hall–Kier alpha value is -2.63. The topological polar surface area (TPSA) is 77.5 Å². The van der Waals surface area contributed by atoms with Crippen LogP contribution in [-0.2, 0) is 20.7 Å². The first-order valence-corrected chi connectivity index (χ1v) is 7.70. The molecular formula is C18H22N2O4. The largest absolute Gasteiger partial charge is 0.467 e. The van der Waals surface area contributed by atoms with Gasteiger partial charge in [-0.15, -0.1) is 0 Å². The van der Waals surface area contributed by atoms with Crippen molar-refractivity contribution in [1.82, 2.24) is 10.3 Å². The van der Waals surface area contributed by atoms with Gasteiger partial charge in [0.15, 0.2) is 0 Å². The number of methoxy groups -OCH3 is 1. The molecule has 0 aliphatic heterocycles. The lowest BCUT2D eigenvalue weighted by Crippen LogP contribution is -2.45. The number of rotatable bonds is 4. The van der Waals surface area contributed by atoms with Crippen molar-refractivity contribution >= 4 is 23.0 Å². The Kier molecular flexibility index (Phi) is 5.39. The minimum atomic E-state index is -0.837. The van der Waals surface area contributed by atoms with Gasteiger partial charge in [-0.05, 0) is 38.5 Å². The molecule has 1 aromatic carbocycles. The molecule has 1 atom stereocenters. The SMILES string of the molecule is COC(=O)[C@H](Cc1cccc2ncccc12)NC(=O)OC(C)(C)C. The molecule has 6 heteroatoms. The van der Waals surface area contributed by atoms with E-state index in [4.69, 9.17) is 9.47 Å². The Bertz CT molecular complexity index is 732. The maximum absolute atomic E-state index is 12.0. The Labute approximate surface area is 141 Å². The molecule has 24 heavy (non-hydrogen) atoms. The average molecular weight is 330 g/mol. The first kappa shape index (κ1) is 17.7. The molecule has 0 aliphatic rings. The summed E-state index contributed by atoms with van der Waals surface area (Å²) in [5.41, 5.74) is 1.08. The zero-order valence-electron chi connectivity index (χ0n) is 14.3. The number of nitrogens with zero attached hydrogens (tertiary/aromatic N) is 1. The van der Waals surface area contributed by atoms with Crippen LogP contribution in [0.15, 0.2) is 36.5 Å². The van der Waals surface area contributed by atoms with Crippen molar-refractivity contribution in [3.63, 3.8) is 0 Å². The van der Waals surface area contributed by atoms with Gasteiger partial charge in [-0.3, -0.25) is 4.98 Å². The van der Waals surface area contributed by atoms with Crippen LogP contribution in [-0.4, -0.2) is 35.8 Å². The van der Waals surface area contributed by atoms with Crippen molar-refractivity contribution in [3.05, 3.63) is 42.1 Å². The predicted octanol–water partition coefficient (Wildman–Crippen LogP) is 2.84. The number of carbonyl (C=O) groups excluding carboxylic acids is 2. The molecule has 0 aliphatic carbocycles. The molecule has 2 rings (SSSR count). The third-order valence-electron chi connectivity index (χ3n) is 3.34. The third kappa shape index (κ3) is 4.68. The number of nitrogens with one attached hydrogen (secondary N) is 1. The molecule has 2 aromatic rings. The second kappa shape index (κ2) is 7.29. The van der Waals surface area contributed by atoms with Crippen LogP contribution < -0.4 is 5.32 Å². The maximum atomic E-state index is 12.0. The molecule has 0 fully saturated rings. The van der Waals surface area contributed by atoms with Crippen LogP contribution in [0.3, 0.4) is 0 Å². The Morgan fingerprint density at radius 1 is 1.21 bits per heavy atom. The average Bonchev–Trinajstić information content (AvgIpc) is 2.52. The smallest absolute Gasteiger partial charge is 0.408 e. The Morgan fingerprint density at radius 3 is 2.62 bits per heavy atom. The fourth-order valence-corrected chi connectivity index (χ4v) is 2.35. The number of alkyl carbamates (subject to hydrolysis) is 1. The molecule has 0 bridgehead atoms. The van der Waals surface area contributed by atoms with Gasteiger partial charge in [0.05, 0.1) is 12.6 Å². The van der Waals surface area contributed by atoms with Crippen molar-refractivity contribution in [3.8, 4) is 0 Å². The second-order valence-electron chi connectivity index (χ2n) is 6.41. The van der Waals surface area contributed by atoms with E-state index in [0.29, 0.717) is 0 Å². The number of carbonyl (C=O) groups is 2. The van der Waals surface area contributed by atoms with Crippen LogP contribution >= 0.6 is 0 Å². The van der Waals surface area contributed by atoms with Crippen molar-refractivity contribution in [2.75, 3.05) is 7.11 Å². The third-order valence-corrected chi connectivity index (χ3v) is 3.34. The molecule has 1 amide bonds. The van der Waals surface area contributed by atoms with E-state index in [1.807, 2.05) is 30.3 Å². The predicted molar refractivity (Wildman–Crippen MR) is 90.6 cm³/mol. The minimum absolute atomic E-state index is 0.287. The highest BCUT2D eigenvalue weighted by molar-refractivity contribution is 5.85. The second-order valence-corrected chi connectivity index (χ2v) is 6.41. The summed E-state index contributed by atoms with van der Waals surface area (Å²) in [6, 6.07) is 8.59. The number of benzene rings is 1. The highest BCUT2D eigenvalue weighted by Gasteiger charge is 2.25. The Morgan fingerprint density at radius 2 is 1.96 bits per heavy atom. The molecule has 1 N–H and O–H groups in total. The van der Waals surface area contributed by atoms with E-state index in [1.165, 1.54) is 7.11 Å². The van der Waals surface area contributed by atoms with Crippen molar-refractivity contribution in [2.24, 2.45) is 0 Å². The minimum Gasteiger partial charge on any atom is -0.467 e. The van der Waals surface area contributed by atoms with Crippen LogP contribution in [0.1, 0.15) is 26.3 Å². The number of amides is 1. The summed E-state index contributed by atoms with van der Waals surface area (Å²) in [5, 5.41) is 3.51.